The third-order valence-corrected chi connectivity index (χ3v) is 4.25. The molecule has 1 aliphatic carbocycles. The first-order chi connectivity index (χ1) is 8.93. The Kier molecular flexibility index (Phi) is 2.85. The van der Waals surface area contributed by atoms with Crippen LogP contribution in [-0.2, 0) is 11.7 Å². The van der Waals surface area contributed by atoms with Crippen molar-refractivity contribution in [3.05, 3.63) is 35.1 Å². The van der Waals surface area contributed by atoms with Gasteiger partial charge in [-0.2, -0.15) is 13.2 Å². The predicted octanol–water partition coefficient (Wildman–Crippen LogP) is 3.83. The van der Waals surface area contributed by atoms with E-state index in [0.29, 0.717) is 11.5 Å². The topological polar surface area (TPSA) is 12.0 Å². The maximum atomic E-state index is 13.7. The normalized spacial score (nSPS) is 27.8. The summed E-state index contributed by atoms with van der Waals surface area (Å²) in [6.45, 7) is 0.846. The molecular formula is C14H15F4N. The van der Waals surface area contributed by atoms with Gasteiger partial charge < -0.3 is 5.32 Å². The Morgan fingerprint density at radius 3 is 2.42 bits per heavy atom. The average Bonchev–Trinajstić information content (AvgIpc) is 3.06. The lowest BCUT2D eigenvalue weighted by Crippen LogP contribution is -2.39. The van der Waals surface area contributed by atoms with E-state index in [9.17, 15) is 17.6 Å². The fraction of sp³-hybridized carbons (Fsp3) is 0.571. The van der Waals surface area contributed by atoms with Crippen molar-refractivity contribution in [1.82, 2.24) is 5.32 Å². The first-order valence-electron chi connectivity index (χ1n) is 6.56. The van der Waals surface area contributed by atoms with Crippen molar-refractivity contribution in [2.45, 2.75) is 37.4 Å². The molecule has 1 N–H and O–H groups in total. The van der Waals surface area contributed by atoms with Crippen molar-refractivity contribution < 1.29 is 17.6 Å². The molecule has 2 fully saturated rings. The van der Waals surface area contributed by atoms with Crippen LogP contribution in [0.2, 0.25) is 0 Å². The van der Waals surface area contributed by atoms with Gasteiger partial charge in [0.15, 0.2) is 0 Å². The minimum absolute atomic E-state index is 0.301. The summed E-state index contributed by atoms with van der Waals surface area (Å²) in [6, 6.07) is 3.37. The Bertz CT molecular complexity index is 485. The largest absolute Gasteiger partial charge is 0.419 e. The fourth-order valence-electron chi connectivity index (χ4n) is 3.20. The number of rotatable bonds is 2. The lowest BCUT2D eigenvalue weighted by atomic mass is 9.83. The molecule has 0 spiro atoms. The van der Waals surface area contributed by atoms with Gasteiger partial charge in [-0.05, 0) is 55.8 Å². The van der Waals surface area contributed by atoms with Crippen molar-refractivity contribution >= 4 is 0 Å². The van der Waals surface area contributed by atoms with E-state index in [1.165, 1.54) is 6.07 Å². The Morgan fingerprint density at radius 2 is 1.95 bits per heavy atom. The molecule has 1 atom stereocenters. The van der Waals surface area contributed by atoms with Crippen molar-refractivity contribution in [2.75, 3.05) is 6.54 Å². The van der Waals surface area contributed by atoms with Crippen LogP contribution in [0.25, 0.3) is 0 Å². The molecular weight excluding hydrogens is 258 g/mol. The highest BCUT2D eigenvalue weighted by molar-refractivity contribution is 5.34. The molecule has 0 amide bonds. The smallest absolute Gasteiger partial charge is 0.307 e. The van der Waals surface area contributed by atoms with Gasteiger partial charge in [-0.25, -0.2) is 4.39 Å². The maximum Gasteiger partial charge on any atom is 0.419 e. The summed E-state index contributed by atoms with van der Waals surface area (Å²) in [6.07, 6.45) is -0.634. The van der Waals surface area contributed by atoms with E-state index in [-0.39, 0.29) is 5.54 Å². The lowest BCUT2D eigenvalue weighted by Gasteiger charge is -2.31. The Labute approximate surface area is 109 Å². The van der Waals surface area contributed by atoms with Gasteiger partial charge >= 0.3 is 6.18 Å². The predicted molar refractivity (Wildman–Crippen MR) is 63.0 cm³/mol. The third kappa shape index (κ3) is 2.14. The zero-order chi connectivity index (χ0) is 13.7. The van der Waals surface area contributed by atoms with E-state index in [0.717, 1.165) is 44.4 Å². The highest BCUT2D eigenvalue weighted by atomic mass is 19.4. The van der Waals surface area contributed by atoms with Gasteiger partial charge in [0.1, 0.15) is 5.82 Å². The summed E-state index contributed by atoms with van der Waals surface area (Å²) in [5.41, 5.74) is -0.816. The van der Waals surface area contributed by atoms with Crippen LogP contribution in [0.15, 0.2) is 18.2 Å². The van der Waals surface area contributed by atoms with Crippen LogP contribution in [0, 0.1) is 11.7 Å². The summed E-state index contributed by atoms with van der Waals surface area (Å²) in [7, 11) is 0. The average molecular weight is 273 g/mol. The first-order valence-corrected chi connectivity index (χ1v) is 6.56. The lowest BCUT2D eigenvalue weighted by molar-refractivity contribution is -0.140. The second kappa shape index (κ2) is 4.20. The minimum Gasteiger partial charge on any atom is -0.307 e. The standard InChI is InChI=1S/C14H15F4N/c15-12-8-10(4-5-11(12)14(16,17)18)13(9-2-3-9)6-1-7-19-13/h4-5,8-9,19H,1-3,6-7H2. The molecule has 1 unspecified atom stereocenters. The number of halogens is 4. The Hall–Kier alpha value is -1.10. The molecule has 1 heterocycles. The fourth-order valence-corrected chi connectivity index (χ4v) is 3.20. The third-order valence-electron chi connectivity index (χ3n) is 4.25. The van der Waals surface area contributed by atoms with Crippen LogP contribution >= 0.6 is 0 Å². The molecule has 1 nitrogen and oxygen atoms in total. The minimum atomic E-state index is -4.63. The van der Waals surface area contributed by atoms with E-state index in [1.54, 1.807) is 0 Å². The number of nitrogens with one attached hydrogen (secondary N) is 1. The van der Waals surface area contributed by atoms with Gasteiger partial charge in [-0.15, -0.1) is 0 Å². The van der Waals surface area contributed by atoms with Gasteiger partial charge in [0.2, 0.25) is 0 Å². The van der Waals surface area contributed by atoms with Gasteiger partial charge in [-0.1, -0.05) is 6.07 Å². The number of alkyl halides is 3. The maximum absolute atomic E-state index is 13.7. The van der Waals surface area contributed by atoms with E-state index in [2.05, 4.69) is 5.32 Å². The van der Waals surface area contributed by atoms with Gasteiger partial charge in [0.05, 0.1) is 5.56 Å². The molecule has 0 radical (unpaired) electrons. The van der Waals surface area contributed by atoms with Crippen molar-refractivity contribution in [2.24, 2.45) is 5.92 Å². The van der Waals surface area contributed by atoms with Crippen LogP contribution in [0.4, 0.5) is 17.6 Å². The molecule has 3 rings (SSSR count). The molecule has 1 aromatic carbocycles. The van der Waals surface area contributed by atoms with E-state index in [4.69, 9.17) is 0 Å². The molecule has 1 aliphatic heterocycles. The summed E-state index contributed by atoms with van der Waals surface area (Å²) in [5, 5.41) is 3.39. The monoisotopic (exact) mass is 273 g/mol. The van der Waals surface area contributed by atoms with Crippen molar-refractivity contribution in [1.29, 1.82) is 0 Å². The second-order valence-corrected chi connectivity index (χ2v) is 5.47. The zero-order valence-electron chi connectivity index (χ0n) is 10.4. The molecule has 1 saturated heterocycles. The summed E-state index contributed by atoms with van der Waals surface area (Å²) in [4.78, 5) is 0. The SMILES string of the molecule is Fc1cc(C2(C3CC3)CCCN2)ccc1C(F)(F)F. The summed E-state index contributed by atoms with van der Waals surface area (Å²) >= 11 is 0. The number of hydrogen-bond acceptors (Lipinski definition) is 1. The van der Waals surface area contributed by atoms with E-state index in [1.807, 2.05) is 0 Å². The Balaban J connectivity index is 1.99. The molecule has 0 aromatic heterocycles. The molecule has 19 heavy (non-hydrogen) atoms. The summed E-state index contributed by atoms with van der Waals surface area (Å²) in [5.74, 6) is -0.732. The highest BCUT2D eigenvalue weighted by Gasteiger charge is 2.48. The van der Waals surface area contributed by atoms with E-state index < -0.39 is 17.6 Å². The molecule has 104 valence electrons. The van der Waals surface area contributed by atoms with Gasteiger partial charge in [-0.3, -0.25) is 0 Å². The summed E-state index contributed by atoms with van der Waals surface area (Å²) < 4.78 is 51.4. The quantitative estimate of drug-likeness (QED) is 0.807. The second-order valence-electron chi connectivity index (χ2n) is 5.47. The number of hydrogen-bond donors (Lipinski definition) is 1. The van der Waals surface area contributed by atoms with Gasteiger partial charge in [0, 0.05) is 5.54 Å². The zero-order valence-corrected chi connectivity index (χ0v) is 10.4. The van der Waals surface area contributed by atoms with Crippen molar-refractivity contribution in [3.8, 4) is 0 Å². The molecule has 5 heteroatoms. The Morgan fingerprint density at radius 1 is 1.21 bits per heavy atom. The van der Waals surface area contributed by atoms with E-state index >= 15 is 0 Å². The van der Waals surface area contributed by atoms with Gasteiger partial charge in [0.25, 0.3) is 0 Å². The van der Waals surface area contributed by atoms with Crippen LogP contribution < -0.4 is 5.32 Å². The van der Waals surface area contributed by atoms with Crippen LogP contribution in [0.1, 0.15) is 36.8 Å². The number of benzene rings is 1. The molecule has 1 aromatic rings. The van der Waals surface area contributed by atoms with Crippen LogP contribution in [0.5, 0.6) is 0 Å². The molecule has 1 saturated carbocycles. The van der Waals surface area contributed by atoms with Crippen LogP contribution in [-0.4, -0.2) is 6.54 Å². The highest BCUT2D eigenvalue weighted by Crippen LogP contribution is 2.50. The van der Waals surface area contributed by atoms with Crippen LogP contribution in [0.3, 0.4) is 0 Å². The first kappa shape index (κ1) is 12.9. The molecule has 2 aliphatic rings. The van der Waals surface area contributed by atoms with Crippen molar-refractivity contribution in [3.63, 3.8) is 0 Å². The molecule has 0 bridgehead atoms.